The van der Waals surface area contributed by atoms with E-state index < -0.39 is 0 Å². The van der Waals surface area contributed by atoms with Crippen LogP contribution in [-0.2, 0) is 0 Å². The van der Waals surface area contributed by atoms with Gasteiger partial charge in [0, 0.05) is 13.1 Å². The minimum Gasteiger partial charge on any atom is -0.303 e. The van der Waals surface area contributed by atoms with Crippen molar-refractivity contribution in [2.75, 3.05) is 32.0 Å². The summed E-state index contributed by atoms with van der Waals surface area (Å²) in [5.41, 5.74) is 0. The number of rotatable bonds is 5. The van der Waals surface area contributed by atoms with Gasteiger partial charge in [0.1, 0.15) is 0 Å². The van der Waals surface area contributed by atoms with Crippen LogP contribution < -0.4 is 0 Å². The van der Waals surface area contributed by atoms with Crippen LogP contribution in [0.3, 0.4) is 0 Å². The highest BCUT2D eigenvalue weighted by Crippen LogP contribution is 1.92. The van der Waals surface area contributed by atoms with Gasteiger partial charge >= 0.3 is 0 Å². The molecule has 0 spiro atoms. The van der Waals surface area contributed by atoms with Crippen molar-refractivity contribution in [1.29, 1.82) is 0 Å². The predicted octanol–water partition coefficient (Wildman–Crippen LogP) is 1.06. The zero-order chi connectivity index (χ0) is 7.11. The number of hydrogen-bond acceptors (Lipinski definition) is 1. The van der Waals surface area contributed by atoms with Crippen molar-refractivity contribution >= 4 is 18.5 Å². The van der Waals surface area contributed by atoms with Crippen LogP contribution in [0.15, 0.2) is 0 Å². The van der Waals surface area contributed by atoms with Gasteiger partial charge in [0.05, 0.1) is 0 Å². The Bertz CT molecular complexity index is 53.0. The average Bonchev–Trinajstić information content (AvgIpc) is 1.88. The molecule has 0 bridgehead atoms. The van der Waals surface area contributed by atoms with Crippen molar-refractivity contribution < 1.29 is 0 Å². The maximum atomic E-state index is 2.75. The van der Waals surface area contributed by atoms with Crippen LogP contribution in [0.2, 0.25) is 0 Å². The van der Waals surface area contributed by atoms with E-state index in [2.05, 4.69) is 30.3 Å². The van der Waals surface area contributed by atoms with E-state index in [1.54, 1.807) is 0 Å². The summed E-state index contributed by atoms with van der Waals surface area (Å²) in [5, 5.41) is 0. The van der Waals surface area contributed by atoms with Crippen LogP contribution >= 0.6 is 18.5 Å². The van der Waals surface area contributed by atoms with Crippen molar-refractivity contribution in [2.45, 2.75) is 6.92 Å². The standard InChI is InChI=1S/C6H17NP2/c1-2-7(3-5-8)4-6-9/h2-6,8-9H2,1H3. The van der Waals surface area contributed by atoms with Gasteiger partial charge in [0.15, 0.2) is 0 Å². The first-order valence-corrected chi connectivity index (χ1v) is 5.11. The molecule has 9 heavy (non-hydrogen) atoms. The van der Waals surface area contributed by atoms with E-state index in [4.69, 9.17) is 0 Å². The van der Waals surface area contributed by atoms with Crippen molar-refractivity contribution in [3.63, 3.8) is 0 Å². The molecular weight excluding hydrogens is 148 g/mol. The molecule has 0 radical (unpaired) electrons. The quantitative estimate of drug-likeness (QED) is 0.550. The van der Waals surface area contributed by atoms with E-state index in [1.807, 2.05) is 0 Å². The zero-order valence-corrected chi connectivity index (χ0v) is 8.45. The van der Waals surface area contributed by atoms with Gasteiger partial charge in [-0.05, 0) is 18.9 Å². The van der Waals surface area contributed by atoms with Gasteiger partial charge in [-0.1, -0.05) is 6.92 Å². The number of hydrogen-bond donors (Lipinski definition) is 0. The average molecular weight is 165 g/mol. The normalized spacial score (nSPS) is 10.7. The Labute approximate surface area is 63.0 Å². The summed E-state index contributed by atoms with van der Waals surface area (Å²) in [6.07, 6.45) is 2.39. The second-order valence-corrected chi connectivity index (χ2v) is 3.17. The molecule has 0 aliphatic rings. The molecule has 3 heteroatoms. The third-order valence-corrected chi connectivity index (χ3v) is 1.85. The molecule has 0 amide bonds. The Hall–Kier alpha value is 0.820. The molecule has 0 aromatic carbocycles. The summed E-state index contributed by atoms with van der Waals surface area (Å²) >= 11 is 0. The summed E-state index contributed by atoms with van der Waals surface area (Å²) in [6.45, 7) is 5.83. The molecule has 0 aliphatic heterocycles. The van der Waals surface area contributed by atoms with Gasteiger partial charge in [-0.3, -0.25) is 0 Å². The zero-order valence-electron chi connectivity index (χ0n) is 6.14. The van der Waals surface area contributed by atoms with E-state index in [0.29, 0.717) is 0 Å². The largest absolute Gasteiger partial charge is 0.303 e. The Kier molecular flexibility index (Phi) is 7.57. The van der Waals surface area contributed by atoms with Crippen molar-refractivity contribution in [1.82, 2.24) is 4.90 Å². The lowest BCUT2D eigenvalue weighted by Crippen LogP contribution is -2.27. The SMILES string of the molecule is CCN(CCP)CCP. The second-order valence-electron chi connectivity index (χ2n) is 2.01. The van der Waals surface area contributed by atoms with E-state index in [-0.39, 0.29) is 0 Å². The van der Waals surface area contributed by atoms with Crippen LogP contribution in [0.1, 0.15) is 6.92 Å². The molecule has 0 fully saturated rings. The van der Waals surface area contributed by atoms with Gasteiger partial charge in [-0.15, -0.1) is 18.5 Å². The van der Waals surface area contributed by atoms with Gasteiger partial charge in [-0.2, -0.15) is 0 Å². The molecule has 0 saturated carbocycles. The summed E-state index contributed by atoms with van der Waals surface area (Å²) < 4.78 is 0. The molecular formula is C6H17NP2. The summed E-state index contributed by atoms with van der Waals surface area (Å²) in [6, 6.07) is 0. The first-order valence-electron chi connectivity index (χ1n) is 3.47. The maximum Gasteiger partial charge on any atom is 0.00159 e. The van der Waals surface area contributed by atoms with Crippen LogP contribution in [0, 0.1) is 0 Å². The number of nitrogens with zero attached hydrogens (tertiary/aromatic N) is 1. The first kappa shape index (κ1) is 9.82. The lowest BCUT2D eigenvalue weighted by molar-refractivity contribution is 0.326. The first-order chi connectivity index (χ1) is 4.35. The fourth-order valence-corrected chi connectivity index (χ4v) is 1.52. The highest BCUT2D eigenvalue weighted by atomic mass is 31.0. The van der Waals surface area contributed by atoms with Crippen molar-refractivity contribution in [2.24, 2.45) is 0 Å². The minimum atomic E-state index is 1.18. The fourth-order valence-electron chi connectivity index (χ4n) is 0.793. The van der Waals surface area contributed by atoms with Gasteiger partial charge in [0.25, 0.3) is 0 Å². The third kappa shape index (κ3) is 5.27. The Morgan fingerprint density at radius 3 is 1.78 bits per heavy atom. The van der Waals surface area contributed by atoms with E-state index in [0.717, 1.165) is 0 Å². The van der Waals surface area contributed by atoms with E-state index in [1.165, 1.54) is 32.0 Å². The second kappa shape index (κ2) is 6.93. The van der Waals surface area contributed by atoms with Crippen LogP contribution in [-0.4, -0.2) is 36.9 Å². The van der Waals surface area contributed by atoms with Crippen LogP contribution in [0.4, 0.5) is 0 Å². The molecule has 0 saturated heterocycles. The molecule has 0 N–H and O–H groups in total. The molecule has 0 aliphatic carbocycles. The van der Waals surface area contributed by atoms with Crippen LogP contribution in [0.25, 0.3) is 0 Å². The van der Waals surface area contributed by atoms with Crippen molar-refractivity contribution in [3.05, 3.63) is 0 Å². The summed E-state index contributed by atoms with van der Waals surface area (Å²) in [4.78, 5) is 2.44. The molecule has 0 rings (SSSR count). The Morgan fingerprint density at radius 1 is 1.11 bits per heavy atom. The monoisotopic (exact) mass is 165 g/mol. The molecule has 2 atom stereocenters. The summed E-state index contributed by atoms with van der Waals surface area (Å²) in [5.74, 6) is 0. The lowest BCUT2D eigenvalue weighted by Gasteiger charge is -2.17. The molecule has 56 valence electrons. The van der Waals surface area contributed by atoms with Crippen LogP contribution in [0.5, 0.6) is 0 Å². The predicted molar refractivity (Wildman–Crippen MR) is 51.3 cm³/mol. The maximum absolute atomic E-state index is 2.75. The van der Waals surface area contributed by atoms with E-state index >= 15 is 0 Å². The Balaban J connectivity index is 3.18. The molecule has 1 nitrogen and oxygen atoms in total. The van der Waals surface area contributed by atoms with Gasteiger partial charge in [-0.25, -0.2) is 0 Å². The molecule has 0 aromatic rings. The minimum absolute atomic E-state index is 1.18. The molecule has 0 aromatic heterocycles. The van der Waals surface area contributed by atoms with Crippen molar-refractivity contribution in [3.8, 4) is 0 Å². The topological polar surface area (TPSA) is 3.24 Å². The fraction of sp³-hybridized carbons (Fsp3) is 1.00. The molecule has 0 heterocycles. The lowest BCUT2D eigenvalue weighted by atomic mass is 10.5. The summed E-state index contributed by atoms with van der Waals surface area (Å²) in [7, 11) is 5.51. The highest BCUT2D eigenvalue weighted by Gasteiger charge is 1.95. The van der Waals surface area contributed by atoms with Gasteiger partial charge < -0.3 is 4.90 Å². The Morgan fingerprint density at radius 2 is 1.56 bits per heavy atom. The highest BCUT2D eigenvalue weighted by molar-refractivity contribution is 7.16. The smallest absolute Gasteiger partial charge is 0.00159 e. The molecule has 2 unspecified atom stereocenters. The third-order valence-electron chi connectivity index (χ3n) is 1.34. The van der Waals surface area contributed by atoms with Gasteiger partial charge in [0.2, 0.25) is 0 Å². The van der Waals surface area contributed by atoms with E-state index in [9.17, 15) is 0 Å².